The zero-order valence-corrected chi connectivity index (χ0v) is 32.2. The molecule has 0 heteroatoms. The maximum absolute atomic E-state index is 1.61. The van der Waals surface area contributed by atoms with Gasteiger partial charge in [-0.2, -0.15) is 0 Å². The van der Waals surface area contributed by atoms with Crippen LogP contribution in [0.5, 0.6) is 0 Å². The summed E-state index contributed by atoms with van der Waals surface area (Å²) in [6.45, 7) is 0. The summed E-state index contributed by atoms with van der Waals surface area (Å²) in [6, 6.07) is 0. The summed E-state index contributed by atoms with van der Waals surface area (Å²) in [5.41, 5.74) is 0.635. The van der Waals surface area contributed by atoms with Gasteiger partial charge in [0.25, 0.3) is 0 Å². The fourth-order valence-electron chi connectivity index (χ4n) is 13.5. The van der Waals surface area contributed by atoms with Crippen LogP contribution in [0.1, 0.15) is 257 Å². The molecule has 0 aromatic heterocycles. The van der Waals surface area contributed by atoms with Crippen LogP contribution in [-0.2, 0) is 0 Å². The first-order chi connectivity index (χ1) is 23.4. The molecule has 0 N–H and O–H groups in total. The van der Waals surface area contributed by atoms with Crippen molar-refractivity contribution in [3.63, 3.8) is 0 Å². The van der Waals surface area contributed by atoms with E-state index in [-0.39, 0.29) is 0 Å². The second-order valence-electron chi connectivity index (χ2n) is 18.6. The third kappa shape index (κ3) is 11.8. The molecule has 5 aliphatic carbocycles. The lowest BCUT2D eigenvalue weighted by atomic mass is 9.43. The van der Waals surface area contributed by atoms with Crippen molar-refractivity contribution >= 4 is 0 Å². The smallest absolute Gasteiger partial charge is 0.0179 e. The predicted molar refractivity (Wildman–Crippen MR) is 208 cm³/mol. The first-order valence-corrected chi connectivity index (χ1v) is 23.4. The molecule has 0 aliphatic heterocycles. The van der Waals surface area contributed by atoms with Crippen LogP contribution in [0.3, 0.4) is 0 Å². The average Bonchev–Trinajstić information content (AvgIpc) is 3.50. The van der Waals surface area contributed by atoms with Crippen LogP contribution < -0.4 is 0 Å². The van der Waals surface area contributed by atoms with Gasteiger partial charge in [-0.05, 0) is 79.4 Å². The zero-order valence-electron chi connectivity index (χ0n) is 32.2. The lowest BCUT2D eigenvalue weighted by Crippen LogP contribution is -2.55. The van der Waals surface area contributed by atoms with E-state index in [0.717, 1.165) is 35.5 Å². The molecular formula is C47H86. The van der Waals surface area contributed by atoms with E-state index in [1.165, 1.54) is 89.9 Å². The highest BCUT2D eigenvalue weighted by Crippen LogP contribution is 2.64. The van der Waals surface area contributed by atoms with Gasteiger partial charge in [-0.15, -0.1) is 0 Å². The third-order valence-electron chi connectivity index (χ3n) is 15.6. The van der Waals surface area contributed by atoms with E-state index < -0.39 is 0 Å². The van der Waals surface area contributed by atoms with Crippen LogP contribution in [0.25, 0.3) is 0 Å². The Kier molecular flexibility index (Phi) is 18.5. The minimum atomic E-state index is 0.635. The molecule has 0 bridgehead atoms. The summed E-state index contributed by atoms with van der Waals surface area (Å²) in [5, 5.41) is 0. The topological polar surface area (TPSA) is 0 Å². The summed E-state index contributed by atoms with van der Waals surface area (Å²) < 4.78 is 0. The molecule has 0 unspecified atom stereocenters. The molecule has 47 heavy (non-hydrogen) atoms. The molecule has 0 aromatic rings. The molecule has 0 aromatic carbocycles. The molecule has 0 nitrogen and oxygen atoms in total. The van der Waals surface area contributed by atoms with Gasteiger partial charge in [0.2, 0.25) is 0 Å². The Balaban J connectivity index is 1.69. The van der Waals surface area contributed by atoms with E-state index in [1.54, 1.807) is 167 Å². The highest BCUT2D eigenvalue weighted by molar-refractivity contribution is 5.05. The van der Waals surface area contributed by atoms with Gasteiger partial charge < -0.3 is 0 Å². The van der Waals surface area contributed by atoms with Crippen molar-refractivity contribution in [1.82, 2.24) is 0 Å². The largest absolute Gasteiger partial charge is 0.0533 e. The van der Waals surface area contributed by atoms with Gasteiger partial charge in [-0.3, -0.25) is 0 Å². The Morgan fingerprint density at radius 3 is 0.596 bits per heavy atom. The fraction of sp³-hybridized carbons (Fsp3) is 1.00. The Bertz CT molecular complexity index is 632. The van der Waals surface area contributed by atoms with Crippen LogP contribution in [-0.4, -0.2) is 0 Å². The van der Waals surface area contributed by atoms with Crippen LogP contribution in [0.4, 0.5) is 0 Å². The van der Waals surface area contributed by atoms with Crippen molar-refractivity contribution in [3.05, 3.63) is 0 Å². The minimum absolute atomic E-state index is 0.635. The van der Waals surface area contributed by atoms with Crippen molar-refractivity contribution in [3.8, 4) is 0 Å². The summed E-state index contributed by atoms with van der Waals surface area (Å²) in [7, 11) is 0. The van der Waals surface area contributed by atoms with Crippen molar-refractivity contribution in [2.45, 2.75) is 257 Å². The van der Waals surface area contributed by atoms with Gasteiger partial charge in [0.1, 0.15) is 0 Å². The third-order valence-corrected chi connectivity index (χ3v) is 15.6. The van der Waals surface area contributed by atoms with Gasteiger partial charge in [-0.25, -0.2) is 0 Å². The van der Waals surface area contributed by atoms with E-state index in [4.69, 9.17) is 0 Å². The SMILES string of the molecule is C1CCCCC(C(C2CCCCCCCC2)C(C2CCCCCCCC2)(C2CCCCCCCC2)C2CCCCCCCC2)CCC1. The molecule has 274 valence electrons. The van der Waals surface area contributed by atoms with Crippen molar-refractivity contribution in [1.29, 1.82) is 0 Å². The van der Waals surface area contributed by atoms with E-state index >= 15 is 0 Å². The molecule has 0 spiro atoms. The van der Waals surface area contributed by atoms with Crippen LogP contribution >= 0.6 is 0 Å². The molecular weight excluding hydrogens is 565 g/mol. The number of hydrogen-bond donors (Lipinski definition) is 0. The second-order valence-corrected chi connectivity index (χ2v) is 18.6. The van der Waals surface area contributed by atoms with Crippen molar-refractivity contribution in [2.75, 3.05) is 0 Å². The zero-order chi connectivity index (χ0) is 32.2. The lowest BCUT2D eigenvalue weighted by molar-refractivity contribution is -0.129. The monoisotopic (exact) mass is 651 g/mol. The molecule has 5 aliphatic rings. The Labute approximate surface area is 296 Å². The Morgan fingerprint density at radius 1 is 0.213 bits per heavy atom. The van der Waals surface area contributed by atoms with Crippen LogP contribution in [0, 0.1) is 40.9 Å². The van der Waals surface area contributed by atoms with Crippen molar-refractivity contribution < 1.29 is 0 Å². The maximum atomic E-state index is 1.61. The lowest BCUT2D eigenvalue weighted by Gasteiger charge is -2.61. The maximum Gasteiger partial charge on any atom is -0.0179 e. The molecule has 5 saturated carbocycles. The summed E-state index contributed by atoms with van der Waals surface area (Å²) >= 11 is 0. The highest BCUT2D eigenvalue weighted by Gasteiger charge is 2.57. The standard InChI is InChI=1S/C47H86/c1-2-12-22-32-41(31-21-11-1)46(42-33-23-13-3-4-14-24-34-42)47(43-35-25-15-5-6-16-26-36-43,44-37-27-17-7-8-18-28-38-44)45-39-29-19-9-10-20-30-40-45/h41-46H,1-40H2. The summed E-state index contributed by atoms with van der Waals surface area (Å²) in [4.78, 5) is 0. The molecule has 5 fully saturated rings. The van der Waals surface area contributed by atoms with E-state index in [2.05, 4.69) is 0 Å². The average molecular weight is 651 g/mol. The molecule has 0 amide bonds. The number of hydrogen-bond acceptors (Lipinski definition) is 0. The van der Waals surface area contributed by atoms with Crippen LogP contribution in [0.2, 0.25) is 0 Å². The molecule has 0 saturated heterocycles. The van der Waals surface area contributed by atoms with E-state index in [9.17, 15) is 0 Å². The van der Waals surface area contributed by atoms with Gasteiger partial charge >= 0.3 is 0 Å². The minimum Gasteiger partial charge on any atom is -0.0533 e. The van der Waals surface area contributed by atoms with Gasteiger partial charge in [-0.1, -0.05) is 218 Å². The van der Waals surface area contributed by atoms with Crippen molar-refractivity contribution in [2.24, 2.45) is 40.9 Å². The number of rotatable bonds is 6. The van der Waals surface area contributed by atoms with Gasteiger partial charge in [0, 0.05) is 0 Å². The first-order valence-electron chi connectivity index (χ1n) is 23.4. The predicted octanol–water partition coefficient (Wildman–Crippen LogP) is 16.3. The Hall–Kier alpha value is 0. The summed E-state index contributed by atoms with van der Waals surface area (Å²) in [5.74, 6) is 6.20. The van der Waals surface area contributed by atoms with Gasteiger partial charge in [0.05, 0.1) is 0 Å². The van der Waals surface area contributed by atoms with E-state index in [1.807, 2.05) is 0 Å². The summed E-state index contributed by atoms with van der Waals surface area (Å²) in [6.07, 6.45) is 62.4. The highest BCUT2D eigenvalue weighted by atomic mass is 14.6. The fourth-order valence-corrected chi connectivity index (χ4v) is 13.5. The second kappa shape index (κ2) is 22.7. The molecule has 5 rings (SSSR count). The molecule has 0 radical (unpaired) electrons. The molecule has 0 heterocycles. The first kappa shape index (κ1) is 38.2. The quantitative estimate of drug-likeness (QED) is 0.268. The Morgan fingerprint density at radius 2 is 0.383 bits per heavy atom. The normalized spacial score (nSPS) is 27.8. The van der Waals surface area contributed by atoms with Crippen LogP contribution in [0.15, 0.2) is 0 Å². The van der Waals surface area contributed by atoms with E-state index in [0.29, 0.717) is 5.41 Å². The van der Waals surface area contributed by atoms with Gasteiger partial charge in [0.15, 0.2) is 0 Å². The molecule has 0 atom stereocenters.